The van der Waals surface area contributed by atoms with Crippen LogP contribution in [0.5, 0.6) is 0 Å². The average Bonchev–Trinajstić information content (AvgIpc) is 2.92. The minimum atomic E-state index is -3.65. The van der Waals surface area contributed by atoms with Crippen molar-refractivity contribution >= 4 is 21.4 Å². The summed E-state index contributed by atoms with van der Waals surface area (Å²) < 4.78 is 27.7. The molecule has 1 heterocycles. The van der Waals surface area contributed by atoms with Crippen molar-refractivity contribution in [2.75, 3.05) is 22.7 Å². The Balaban J connectivity index is 1.82. The lowest BCUT2D eigenvalue weighted by molar-refractivity contribution is 0.163. The Bertz CT molecular complexity index is 814. The molecule has 0 saturated carbocycles. The largest absolute Gasteiger partial charge is 0.361 e. The molecule has 7 heteroatoms. The first-order chi connectivity index (χ1) is 11.3. The van der Waals surface area contributed by atoms with Crippen molar-refractivity contribution in [3.8, 4) is 0 Å². The summed E-state index contributed by atoms with van der Waals surface area (Å²) in [5.41, 5.74) is 3.32. The van der Waals surface area contributed by atoms with Gasteiger partial charge in [0.2, 0.25) is 0 Å². The summed E-state index contributed by atoms with van der Waals surface area (Å²) in [6, 6.07) is 12.1. The van der Waals surface area contributed by atoms with Gasteiger partial charge in [0.1, 0.15) is 0 Å². The first kappa shape index (κ1) is 16.8. The van der Waals surface area contributed by atoms with Gasteiger partial charge in [-0.1, -0.05) is 6.07 Å². The summed E-state index contributed by atoms with van der Waals surface area (Å²) in [6.45, 7) is 5.22. The van der Waals surface area contributed by atoms with Crippen molar-refractivity contribution in [3.05, 3.63) is 53.6 Å². The highest BCUT2D eigenvalue weighted by atomic mass is 32.2. The second-order valence-electron chi connectivity index (χ2n) is 6.00. The molecule has 2 aromatic rings. The maximum Gasteiger partial charge on any atom is 0.261 e. The van der Waals surface area contributed by atoms with Gasteiger partial charge in [0, 0.05) is 24.5 Å². The van der Waals surface area contributed by atoms with Gasteiger partial charge >= 0.3 is 0 Å². The fourth-order valence-corrected chi connectivity index (χ4v) is 3.92. The van der Waals surface area contributed by atoms with Gasteiger partial charge in [-0.3, -0.25) is 10.0 Å². The monoisotopic (exact) mass is 347 g/mol. The van der Waals surface area contributed by atoms with Crippen molar-refractivity contribution in [2.45, 2.75) is 25.1 Å². The number of anilines is 2. The number of aliphatic hydroxyl groups is 1. The van der Waals surface area contributed by atoms with Crippen LogP contribution in [0.1, 0.15) is 11.1 Å². The summed E-state index contributed by atoms with van der Waals surface area (Å²) in [6.07, 6.45) is -0.735. The zero-order valence-electron chi connectivity index (χ0n) is 13.7. The average molecular weight is 347 g/mol. The molecule has 1 unspecified atom stereocenters. The summed E-state index contributed by atoms with van der Waals surface area (Å²) in [7, 11) is -3.65. The van der Waals surface area contributed by atoms with Crippen LogP contribution in [0.25, 0.3) is 0 Å². The Labute approximate surface area is 142 Å². The number of benzene rings is 2. The van der Waals surface area contributed by atoms with E-state index in [0.29, 0.717) is 18.8 Å². The van der Waals surface area contributed by atoms with Gasteiger partial charge in [-0.15, -0.1) is 0 Å². The Morgan fingerprint density at radius 2 is 1.75 bits per heavy atom. The topological polar surface area (TPSA) is 81.7 Å². The van der Waals surface area contributed by atoms with Crippen molar-refractivity contribution in [3.63, 3.8) is 0 Å². The molecule has 1 fully saturated rings. The lowest BCUT2D eigenvalue weighted by Gasteiger charge is -2.21. The van der Waals surface area contributed by atoms with Crippen LogP contribution in [0.15, 0.2) is 47.4 Å². The Kier molecular flexibility index (Phi) is 4.49. The Hall–Kier alpha value is -2.09. The van der Waals surface area contributed by atoms with E-state index >= 15 is 0 Å². The standard InChI is InChI=1S/C17H21N3O3S/c1-12-9-13(2)11-14(10-12)19-24(22,23)16-5-3-15(4-6-16)20-8-7-18-17(20)21/h3-6,9-11,17-19,21H,7-8H2,1-2H3. The Morgan fingerprint density at radius 1 is 1.12 bits per heavy atom. The first-order valence-electron chi connectivity index (χ1n) is 7.74. The fraction of sp³-hybridized carbons (Fsp3) is 0.294. The molecule has 3 N–H and O–H groups in total. The maximum atomic E-state index is 12.5. The summed E-state index contributed by atoms with van der Waals surface area (Å²) >= 11 is 0. The predicted molar refractivity (Wildman–Crippen MR) is 94.5 cm³/mol. The molecule has 1 aliphatic rings. The molecule has 24 heavy (non-hydrogen) atoms. The van der Waals surface area contributed by atoms with Crippen molar-refractivity contribution in [1.29, 1.82) is 0 Å². The molecule has 6 nitrogen and oxygen atoms in total. The van der Waals surface area contributed by atoms with Crippen molar-refractivity contribution in [1.82, 2.24) is 5.32 Å². The SMILES string of the molecule is Cc1cc(C)cc(NS(=O)(=O)c2ccc(N3CCNC3O)cc2)c1. The number of hydrogen-bond acceptors (Lipinski definition) is 5. The van der Waals surface area contributed by atoms with E-state index in [0.717, 1.165) is 16.8 Å². The van der Waals surface area contributed by atoms with Gasteiger partial charge in [0.05, 0.1) is 4.90 Å². The van der Waals surface area contributed by atoms with E-state index in [1.807, 2.05) is 19.9 Å². The smallest absolute Gasteiger partial charge is 0.261 e. The molecule has 3 rings (SSSR count). The zero-order chi connectivity index (χ0) is 17.3. The predicted octanol–water partition coefficient (Wildman–Crippen LogP) is 1.79. The van der Waals surface area contributed by atoms with Gasteiger partial charge in [0.25, 0.3) is 10.0 Å². The van der Waals surface area contributed by atoms with Crippen LogP contribution in [0.2, 0.25) is 0 Å². The van der Waals surface area contributed by atoms with Crippen LogP contribution in [-0.4, -0.2) is 33.0 Å². The highest BCUT2D eigenvalue weighted by Crippen LogP contribution is 2.23. The molecule has 0 radical (unpaired) electrons. The van der Waals surface area contributed by atoms with Crippen LogP contribution in [0.4, 0.5) is 11.4 Å². The summed E-state index contributed by atoms with van der Waals surface area (Å²) in [5, 5.41) is 12.7. The number of aliphatic hydroxyl groups excluding tert-OH is 1. The number of hydrogen-bond donors (Lipinski definition) is 3. The zero-order valence-corrected chi connectivity index (χ0v) is 14.5. The van der Waals surface area contributed by atoms with Gasteiger partial charge < -0.3 is 10.0 Å². The number of sulfonamides is 1. The molecule has 0 aromatic heterocycles. The van der Waals surface area contributed by atoms with Crippen molar-refractivity contribution in [2.24, 2.45) is 0 Å². The summed E-state index contributed by atoms with van der Waals surface area (Å²) in [5.74, 6) is 0. The minimum absolute atomic E-state index is 0.187. The number of nitrogens with one attached hydrogen (secondary N) is 2. The normalized spacial score (nSPS) is 18.0. The van der Waals surface area contributed by atoms with E-state index < -0.39 is 16.4 Å². The maximum absolute atomic E-state index is 12.5. The van der Waals surface area contributed by atoms with E-state index in [-0.39, 0.29) is 4.90 Å². The third kappa shape index (κ3) is 3.53. The molecule has 1 atom stereocenters. The molecular weight excluding hydrogens is 326 g/mol. The molecule has 0 aliphatic carbocycles. The molecule has 2 aromatic carbocycles. The van der Waals surface area contributed by atoms with E-state index in [9.17, 15) is 13.5 Å². The third-order valence-corrected chi connectivity index (χ3v) is 5.32. The fourth-order valence-electron chi connectivity index (χ4n) is 2.88. The Morgan fingerprint density at radius 3 is 2.29 bits per heavy atom. The molecule has 128 valence electrons. The van der Waals surface area contributed by atoms with E-state index in [1.54, 1.807) is 41.3 Å². The molecular formula is C17H21N3O3S. The third-order valence-electron chi connectivity index (χ3n) is 3.93. The second-order valence-corrected chi connectivity index (χ2v) is 7.68. The highest BCUT2D eigenvalue weighted by molar-refractivity contribution is 7.92. The van der Waals surface area contributed by atoms with Crippen LogP contribution in [0, 0.1) is 13.8 Å². The van der Waals surface area contributed by atoms with Crippen LogP contribution < -0.4 is 14.9 Å². The van der Waals surface area contributed by atoms with Crippen LogP contribution in [-0.2, 0) is 10.0 Å². The molecule has 1 aliphatic heterocycles. The van der Waals surface area contributed by atoms with E-state index in [1.165, 1.54) is 0 Å². The highest BCUT2D eigenvalue weighted by Gasteiger charge is 2.22. The minimum Gasteiger partial charge on any atom is -0.361 e. The molecule has 0 bridgehead atoms. The lowest BCUT2D eigenvalue weighted by Crippen LogP contribution is -2.35. The number of nitrogens with zero attached hydrogens (tertiary/aromatic N) is 1. The summed E-state index contributed by atoms with van der Waals surface area (Å²) in [4.78, 5) is 1.96. The van der Waals surface area contributed by atoms with Gasteiger partial charge in [-0.25, -0.2) is 8.42 Å². The lowest BCUT2D eigenvalue weighted by atomic mass is 10.1. The van der Waals surface area contributed by atoms with E-state index in [4.69, 9.17) is 0 Å². The molecule has 0 amide bonds. The first-order valence-corrected chi connectivity index (χ1v) is 9.23. The van der Waals surface area contributed by atoms with Gasteiger partial charge in [-0.2, -0.15) is 0 Å². The van der Waals surface area contributed by atoms with Gasteiger partial charge in [-0.05, 0) is 61.4 Å². The second kappa shape index (κ2) is 6.43. The van der Waals surface area contributed by atoms with Crippen molar-refractivity contribution < 1.29 is 13.5 Å². The van der Waals surface area contributed by atoms with Gasteiger partial charge in [0.15, 0.2) is 6.35 Å². The van der Waals surface area contributed by atoms with Crippen LogP contribution in [0.3, 0.4) is 0 Å². The van der Waals surface area contributed by atoms with Crippen LogP contribution >= 0.6 is 0 Å². The number of rotatable bonds is 4. The molecule has 1 saturated heterocycles. The number of aryl methyl sites for hydroxylation is 2. The van der Waals surface area contributed by atoms with E-state index in [2.05, 4.69) is 10.0 Å². The quantitative estimate of drug-likeness (QED) is 0.786. The molecule has 0 spiro atoms.